The molecule has 3 nitrogen and oxygen atoms in total. The van der Waals surface area contributed by atoms with Gasteiger partial charge in [0.05, 0.1) is 0 Å². The molecule has 0 aromatic rings. The summed E-state index contributed by atoms with van der Waals surface area (Å²) >= 11 is 0. The van der Waals surface area contributed by atoms with Crippen molar-refractivity contribution >= 4 is 5.97 Å². The minimum absolute atomic E-state index is 0.251. The van der Waals surface area contributed by atoms with E-state index < -0.39 is 5.72 Å². The summed E-state index contributed by atoms with van der Waals surface area (Å²) in [6.45, 7) is 7.48. The third-order valence-corrected chi connectivity index (χ3v) is 2.56. The van der Waals surface area contributed by atoms with Gasteiger partial charge in [0, 0.05) is 12.8 Å². The Kier molecular flexibility index (Phi) is 4.99. The summed E-state index contributed by atoms with van der Waals surface area (Å²) in [4.78, 5) is 10.9. The van der Waals surface area contributed by atoms with Crippen molar-refractivity contribution in [3.63, 3.8) is 0 Å². The number of ether oxygens (including phenoxy) is 1. The van der Waals surface area contributed by atoms with Crippen LogP contribution in [0.4, 0.5) is 0 Å². The van der Waals surface area contributed by atoms with Crippen molar-refractivity contribution in [1.82, 2.24) is 0 Å². The molecule has 0 heterocycles. The molecule has 0 amide bonds. The lowest BCUT2D eigenvalue weighted by Gasteiger charge is -2.34. The molecule has 1 unspecified atom stereocenters. The van der Waals surface area contributed by atoms with Crippen molar-refractivity contribution in [3.8, 4) is 0 Å². The first-order valence-corrected chi connectivity index (χ1v) is 4.98. The first-order valence-electron chi connectivity index (χ1n) is 4.98. The fourth-order valence-corrected chi connectivity index (χ4v) is 1.69. The van der Waals surface area contributed by atoms with Crippen molar-refractivity contribution in [3.05, 3.63) is 0 Å². The van der Waals surface area contributed by atoms with Gasteiger partial charge in [-0.2, -0.15) is 0 Å². The average molecular weight is 187 g/mol. The monoisotopic (exact) mass is 187 g/mol. The van der Waals surface area contributed by atoms with Gasteiger partial charge in [0.1, 0.15) is 0 Å². The molecule has 0 spiro atoms. The van der Waals surface area contributed by atoms with Crippen LogP contribution in [-0.2, 0) is 9.53 Å². The van der Waals surface area contributed by atoms with E-state index in [4.69, 9.17) is 10.5 Å². The molecule has 0 aliphatic rings. The number of rotatable bonds is 5. The van der Waals surface area contributed by atoms with Crippen LogP contribution in [0.1, 0.15) is 47.0 Å². The zero-order valence-electron chi connectivity index (χ0n) is 9.09. The molecule has 0 aliphatic heterocycles. The highest BCUT2D eigenvalue weighted by Gasteiger charge is 2.33. The summed E-state index contributed by atoms with van der Waals surface area (Å²) in [5, 5.41) is 0. The van der Waals surface area contributed by atoms with Crippen molar-refractivity contribution in [1.29, 1.82) is 0 Å². The molecule has 0 rings (SSSR count). The third kappa shape index (κ3) is 3.35. The van der Waals surface area contributed by atoms with Crippen molar-refractivity contribution in [2.45, 2.75) is 52.7 Å². The lowest BCUT2D eigenvalue weighted by atomic mass is 9.89. The van der Waals surface area contributed by atoms with Gasteiger partial charge in [0.25, 0.3) is 0 Å². The summed E-state index contributed by atoms with van der Waals surface area (Å²) in [6.07, 6.45) is 2.54. The van der Waals surface area contributed by atoms with Gasteiger partial charge in [-0.25, -0.2) is 0 Å². The minimum Gasteiger partial charge on any atom is -0.444 e. The Hall–Kier alpha value is -0.570. The number of nitrogens with two attached hydrogens (primary N) is 1. The second kappa shape index (κ2) is 5.22. The summed E-state index contributed by atoms with van der Waals surface area (Å²) < 4.78 is 5.17. The minimum atomic E-state index is -0.769. The predicted octanol–water partition coefficient (Wildman–Crippen LogP) is 2.05. The van der Waals surface area contributed by atoms with Crippen LogP contribution in [0.2, 0.25) is 0 Å². The van der Waals surface area contributed by atoms with Crippen molar-refractivity contribution < 1.29 is 9.53 Å². The smallest absolute Gasteiger partial charge is 0.304 e. The SMILES string of the molecule is CCC(CC)C(N)(CC)OC(C)=O. The summed E-state index contributed by atoms with van der Waals surface area (Å²) in [5.74, 6) is -0.0438. The zero-order valence-corrected chi connectivity index (χ0v) is 9.09. The molecular weight excluding hydrogens is 166 g/mol. The highest BCUT2D eigenvalue weighted by Crippen LogP contribution is 2.26. The predicted molar refractivity (Wildman–Crippen MR) is 53.0 cm³/mol. The normalized spacial score (nSPS) is 15.5. The van der Waals surface area contributed by atoms with Gasteiger partial charge in [-0.15, -0.1) is 0 Å². The Bertz CT molecular complexity index is 166. The molecular formula is C10H21NO2. The summed E-state index contributed by atoms with van der Waals surface area (Å²) in [7, 11) is 0. The van der Waals surface area contributed by atoms with E-state index in [1.165, 1.54) is 6.92 Å². The van der Waals surface area contributed by atoms with Gasteiger partial charge in [0.15, 0.2) is 5.72 Å². The van der Waals surface area contributed by atoms with E-state index in [0.29, 0.717) is 6.42 Å². The fourth-order valence-electron chi connectivity index (χ4n) is 1.69. The molecule has 0 saturated carbocycles. The van der Waals surface area contributed by atoms with E-state index >= 15 is 0 Å². The Morgan fingerprint density at radius 1 is 1.38 bits per heavy atom. The van der Waals surface area contributed by atoms with Crippen molar-refractivity contribution in [2.75, 3.05) is 0 Å². The van der Waals surface area contributed by atoms with Crippen LogP contribution in [0.15, 0.2) is 0 Å². The molecule has 2 N–H and O–H groups in total. The lowest BCUT2D eigenvalue weighted by Crippen LogP contribution is -2.49. The highest BCUT2D eigenvalue weighted by atomic mass is 16.6. The molecule has 0 radical (unpaired) electrons. The van der Waals surface area contributed by atoms with Crippen LogP contribution in [0.5, 0.6) is 0 Å². The maximum absolute atomic E-state index is 10.9. The second-order valence-corrected chi connectivity index (χ2v) is 3.42. The van der Waals surface area contributed by atoms with E-state index in [9.17, 15) is 4.79 Å². The average Bonchev–Trinajstić information content (AvgIpc) is 2.05. The second-order valence-electron chi connectivity index (χ2n) is 3.42. The summed E-state index contributed by atoms with van der Waals surface area (Å²) in [6, 6.07) is 0. The number of hydrogen-bond acceptors (Lipinski definition) is 3. The van der Waals surface area contributed by atoms with E-state index in [1.807, 2.05) is 6.92 Å². The van der Waals surface area contributed by atoms with Gasteiger partial charge >= 0.3 is 5.97 Å². The largest absolute Gasteiger partial charge is 0.444 e. The summed E-state index contributed by atoms with van der Waals surface area (Å²) in [5.41, 5.74) is 5.25. The zero-order chi connectivity index (χ0) is 10.5. The molecule has 3 heteroatoms. The van der Waals surface area contributed by atoms with Crippen LogP contribution < -0.4 is 5.73 Å². The van der Waals surface area contributed by atoms with Crippen LogP contribution in [0, 0.1) is 5.92 Å². The van der Waals surface area contributed by atoms with Crippen molar-refractivity contribution in [2.24, 2.45) is 11.7 Å². The molecule has 0 aromatic carbocycles. The third-order valence-electron chi connectivity index (χ3n) is 2.56. The maximum Gasteiger partial charge on any atom is 0.304 e. The number of hydrogen-bond donors (Lipinski definition) is 1. The molecule has 0 aromatic heterocycles. The van der Waals surface area contributed by atoms with Gasteiger partial charge in [0.2, 0.25) is 0 Å². The Labute approximate surface area is 80.6 Å². The van der Waals surface area contributed by atoms with Gasteiger partial charge in [-0.3, -0.25) is 10.5 Å². The molecule has 1 atom stereocenters. The van der Waals surface area contributed by atoms with Crippen LogP contribution in [0.3, 0.4) is 0 Å². The van der Waals surface area contributed by atoms with Gasteiger partial charge in [-0.1, -0.05) is 20.8 Å². The molecule has 0 saturated heterocycles. The van der Waals surface area contributed by atoms with E-state index in [0.717, 1.165) is 12.8 Å². The van der Waals surface area contributed by atoms with Gasteiger partial charge < -0.3 is 4.74 Å². The molecule has 0 aliphatic carbocycles. The number of esters is 1. The first kappa shape index (κ1) is 12.4. The first-order chi connectivity index (χ1) is 6.00. The molecule has 0 fully saturated rings. The Morgan fingerprint density at radius 3 is 2.08 bits per heavy atom. The van der Waals surface area contributed by atoms with Crippen LogP contribution in [-0.4, -0.2) is 11.7 Å². The quantitative estimate of drug-likeness (QED) is 0.529. The highest BCUT2D eigenvalue weighted by molar-refractivity contribution is 5.66. The van der Waals surface area contributed by atoms with E-state index in [2.05, 4.69) is 13.8 Å². The molecule has 0 bridgehead atoms. The van der Waals surface area contributed by atoms with E-state index in [1.54, 1.807) is 0 Å². The Morgan fingerprint density at radius 2 is 1.85 bits per heavy atom. The fraction of sp³-hybridized carbons (Fsp3) is 0.900. The van der Waals surface area contributed by atoms with Crippen LogP contribution >= 0.6 is 0 Å². The molecule has 78 valence electrons. The van der Waals surface area contributed by atoms with Gasteiger partial charge in [-0.05, 0) is 19.3 Å². The topological polar surface area (TPSA) is 52.3 Å². The standard InChI is InChI=1S/C10H21NO2/c1-5-9(6-2)10(11,7-3)13-8(4)12/h9H,5-7,11H2,1-4H3. The maximum atomic E-state index is 10.9. The number of carbonyl (C=O) groups is 1. The van der Waals surface area contributed by atoms with Crippen LogP contribution in [0.25, 0.3) is 0 Å². The molecule has 13 heavy (non-hydrogen) atoms. The lowest BCUT2D eigenvalue weighted by molar-refractivity contribution is -0.164. The number of carbonyl (C=O) groups excluding carboxylic acids is 1. The van der Waals surface area contributed by atoms with E-state index in [-0.39, 0.29) is 11.9 Å². The Balaban J connectivity index is 4.48.